The maximum absolute atomic E-state index is 13.1. The Kier molecular flexibility index (Phi) is 6.32. The van der Waals surface area contributed by atoms with Crippen LogP contribution in [0.4, 0.5) is 0 Å². The monoisotopic (exact) mass is 417 g/mol. The molecule has 1 saturated carbocycles. The summed E-state index contributed by atoms with van der Waals surface area (Å²) >= 11 is 1.55. The summed E-state index contributed by atoms with van der Waals surface area (Å²) < 4.78 is 1.80. The van der Waals surface area contributed by atoms with Crippen LogP contribution in [-0.2, 0) is 11.3 Å². The fraction of sp³-hybridized carbons (Fsp3) is 0.682. The summed E-state index contributed by atoms with van der Waals surface area (Å²) in [4.78, 5) is 40.0. The fourth-order valence-corrected chi connectivity index (χ4v) is 5.69. The molecule has 4 rings (SSSR count). The molecule has 2 bridgehead atoms. The number of nitrogens with zero attached hydrogens (tertiary/aromatic N) is 2. The molecule has 0 aromatic carbocycles. The maximum atomic E-state index is 13.1. The first-order valence-corrected chi connectivity index (χ1v) is 12.2. The SMILES string of the molecule is CSCC(=O)N1C[C@@H]2C[C@H](C1)c1ccc(C(=O)NCC3CCCCC3)c(=O)n1C2. The number of piperidine rings is 1. The van der Waals surface area contributed by atoms with Crippen molar-refractivity contribution in [3.05, 3.63) is 33.7 Å². The molecular formula is C22H31N3O3S. The molecule has 6 nitrogen and oxygen atoms in total. The van der Waals surface area contributed by atoms with E-state index in [2.05, 4.69) is 5.32 Å². The summed E-state index contributed by atoms with van der Waals surface area (Å²) in [6.07, 6.45) is 9.05. The number of pyridine rings is 1. The molecule has 158 valence electrons. The molecule has 3 aliphatic rings. The number of carbonyl (C=O) groups excluding carboxylic acids is 2. The molecular weight excluding hydrogens is 386 g/mol. The number of likely N-dealkylation sites (tertiary alicyclic amines) is 1. The Bertz CT molecular complexity index is 831. The van der Waals surface area contributed by atoms with Gasteiger partial charge in [-0.05, 0) is 49.5 Å². The molecule has 2 atom stereocenters. The molecule has 2 amide bonds. The quantitative estimate of drug-likeness (QED) is 0.799. The highest BCUT2D eigenvalue weighted by Gasteiger charge is 2.36. The van der Waals surface area contributed by atoms with E-state index in [4.69, 9.17) is 0 Å². The second kappa shape index (κ2) is 8.94. The Morgan fingerprint density at radius 2 is 1.93 bits per heavy atom. The highest BCUT2D eigenvalue weighted by Crippen LogP contribution is 2.35. The number of carbonyl (C=O) groups is 2. The third-order valence-corrected chi connectivity index (χ3v) is 7.28. The Hall–Kier alpha value is -1.76. The zero-order valence-electron chi connectivity index (χ0n) is 17.2. The molecule has 3 heterocycles. The lowest BCUT2D eigenvalue weighted by Gasteiger charge is -2.42. The standard InChI is InChI=1S/C22H31N3O3S/c1-29-14-20(26)24-11-16-9-17(13-24)19-8-7-18(22(28)25(19)12-16)21(27)23-10-15-5-3-2-4-6-15/h7-8,15-17H,2-6,9-14H2,1H3,(H,23,27)/t16-,17+/m0/s1. The van der Waals surface area contributed by atoms with Crippen molar-refractivity contribution >= 4 is 23.6 Å². The number of amides is 2. The van der Waals surface area contributed by atoms with E-state index in [-0.39, 0.29) is 34.8 Å². The average Bonchev–Trinajstić information content (AvgIpc) is 2.73. The van der Waals surface area contributed by atoms with Gasteiger partial charge in [0, 0.05) is 37.8 Å². The maximum Gasteiger partial charge on any atom is 0.263 e. The van der Waals surface area contributed by atoms with E-state index < -0.39 is 0 Å². The molecule has 29 heavy (non-hydrogen) atoms. The fourth-order valence-electron chi connectivity index (χ4n) is 5.26. The number of hydrogen-bond acceptors (Lipinski definition) is 4. The number of nitrogens with one attached hydrogen (secondary N) is 1. The average molecular weight is 418 g/mol. The lowest BCUT2D eigenvalue weighted by Crippen LogP contribution is -2.50. The van der Waals surface area contributed by atoms with Gasteiger partial charge in [-0.1, -0.05) is 19.3 Å². The minimum absolute atomic E-state index is 0.178. The van der Waals surface area contributed by atoms with Crippen LogP contribution in [0.2, 0.25) is 0 Å². The topological polar surface area (TPSA) is 71.4 Å². The number of hydrogen-bond donors (Lipinski definition) is 1. The number of rotatable bonds is 5. The molecule has 0 radical (unpaired) electrons. The van der Waals surface area contributed by atoms with E-state index >= 15 is 0 Å². The molecule has 0 unspecified atom stereocenters. The molecule has 1 saturated heterocycles. The van der Waals surface area contributed by atoms with Gasteiger partial charge < -0.3 is 14.8 Å². The Balaban J connectivity index is 1.48. The van der Waals surface area contributed by atoms with Crippen molar-refractivity contribution in [3.63, 3.8) is 0 Å². The second-order valence-electron chi connectivity index (χ2n) is 8.83. The molecule has 0 spiro atoms. The van der Waals surface area contributed by atoms with Gasteiger partial charge >= 0.3 is 0 Å². The second-order valence-corrected chi connectivity index (χ2v) is 9.70. The first kappa shape index (κ1) is 20.5. The lowest BCUT2D eigenvalue weighted by molar-refractivity contribution is -0.131. The van der Waals surface area contributed by atoms with Gasteiger partial charge in [-0.25, -0.2) is 0 Å². The van der Waals surface area contributed by atoms with Gasteiger partial charge in [0.2, 0.25) is 5.91 Å². The normalized spacial score (nSPS) is 24.1. The summed E-state index contributed by atoms with van der Waals surface area (Å²) in [5.74, 6) is 1.44. The number of fused-ring (bicyclic) bond motifs is 4. The molecule has 1 aromatic heterocycles. The van der Waals surface area contributed by atoms with Crippen molar-refractivity contribution in [2.24, 2.45) is 11.8 Å². The Morgan fingerprint density at radius 3 is 2.69 bits per heavy atom. The molecule has 7 heteroatoms. The van der Waals surface area contributed by atoms with Crippen molar-refractivity contribution in [1.29, 1.82) is 0 Å². The van der Waals surface area contributed by atoms with Crippen molar-refractivity contribution in [1.82, 2.24) is 14.8 Å². The van der Waals surface area contributed by atoms with Crippen LogP contribution in [0.3, 0.4) is 0 Å². The zero-order chi connectivity index (χ0) is 20.4. The zero-order valence-corrected chi connectivity index (χ0v) is 18.0. The van der Waals surface area contributed by atoms with Crippen LogP contribution in [0, 0.1) is 11.8 Å². The molecule has 2 fully saturated rings. The van der Waals surface area contributed by atoms with Crippen LogP contribution in [0.15, 0.2) is 16.9 Å². The van der Waals surface area contributed by atoms with Gasteiger partial charge in [0.05, 0.1) is 5.75 Å². The van der Waals surface area contributed by atoms with E-state index in [1.165, 1.54) is 32.1 Å². The van der Waals surface area contributed by atoms with Crippen molar-refractivity contribution in [3.8, 4) is 0 Å². The number of thioether (sulfide) groups is 1. The summed E-state index contributed by atoms with van der Waals surface area (Å²) in [6.45, 7) is 2.64. The minimum atomic E-state index is -0.247. The Morgan fingerprint density at radius 1 is 1.14 bits per heavy atom. The van der Waals surface area contributed by atoms with Crippen molar-refractivity contribution in [2.75, 3.05) is 31.6 Å². The van der Waals surface area contributed by atoms with Crippen LogP contribution in [0.25, 0.3) is 0 Å². The minimum Gasteiger partial charge on any atom is -0.352 e. The highest BCUT2D eigenvalue weighted by molar-refractivity contribution is 7.99. The van der Waals surface area contributed by atoms with Gasteiger partial charge in [0.15, 0.2) is 0 Å². The lowest BCUT2D eigenvalue weighted by atomic mass is 9.83. The Labute approximate surface area is 176 Å². The largest absolute Gasteiger partial charge is 0.352 e. The van der Waals surface area contributed by atoms with E-state index in [1.54, 1.807) is 22.4 Å². The summed E-state index contributed by atoms with van der Waals surface area (Å²) in [5, 5.41) is 3.00. The summed E-state index contributed by atoms with van der Waals surface area (Å²) in [5.41, 5.74) is 1.04. The first-order chi connectivity index (χ1) is 14.1. The van der Waals surface area contributed by atoms with E-state index in [1.807, 2.05) is 17.2 Å². The van der Waals surface area contributed by atoms with E-state index in [0.717, 1.165) is 12.1 Å². The third kappa shape index (κ3) is 4.39. The predicted octanol–water partition coefficient (Wildman–Crippen LogP) is 2.47. The molecule has 1 N–H and O–H groups in total. The van der Waals surface area contributed by atoms with E-state index in [9.17, 15) is 14.4 Å². The predicted molar refractivity (Wildman–Crippen MR) is 115 cm³/mol. The van der Waals surface area contributed by atoms with Gasteiger partial charge in [0.1, 0.15) is 5.56 Å². The van der Waals surface area contributed by atoms with Crippen molar-refractivity contribution in [2.45, 2.75) is 51.0 Å². The third-order valence-electron chi connectivity index (χ3n) is 6.75. The van der Waals surface area contributed by atoms with Crippen LogP contribution >= 0.6 is 11.8 Å². The van der Waals surface area contributed by atoms with E-state index in [0.29, 0.717) is 37.8 Å². The molecule has 1 aromatic rings. The van der Waals surface area contributed by atoms with Crippen molar-refractivity contribution < 1.29 is 9.59 Å². The molecule has 1 aliphatic carbocycles. The number of aromatic nitrogens is 1. The summed E-state index contributed by atoms with van der Waals surface area (Å²) in [7, 11) is 0. The van der Waals surface area contributed by atoms with Gasteiger partial charge in [0.25, 0.3) is 11.5 Å². The molecule has 2 aliphatic heterocycles. The van der Waals surface area contributed by atoms with Gasteiger partial charge in [-0.3, -0.25) is 14.4 Å². The van der Waals surface area contributed by atoms with Crippen LogP contribution in [0.1, 0.15) is 60.5 Å². The van der Waals surface area contributed by atoms with Crippen LogP contribution in [-0.4, -0.2) is 52.9 Å². The van der Waals surface area contributed by atoms with Gasteiger partial charge in [-0.15, -0.1) is 0 Å². The highest BCUT2D eigenvalue weighted by atomic mass is 32.2. The van der Waals surface area contributed by atoms with Crippen LogP contribution < -0.4 is 10.9 Å². The summed E-state index contributed by atoms with van der Waals surface area (Å²) in [6, 6.07) is 3.62. The first-order valence-electron chi connectivity index (χ1n) is 10.9. The van der Waals surface area contributed by atoms with Gasteiger partial charge in [-0.2, -0.15) is 11.8 Å². The van der Waals surface area contributed by atoms with Crippen LogP contribution in [0.5, 0.6) is 0 Å². The smallest absolute Gasteiger partial charge is 0.263 e.